The lowest BCUT2D eigenvalue weighted by Gasteiger charge is -2.22. The summed E-state index contributed by atoms with van der Waals surface area (Å²) >= 11 is 3.51. The molecule has 0 spiro atoms. The van der Waals surface area contributed by atoms with Gasteiger partial charge in [0.25, 0.3) is 0 Å². The first kappa shape index (κ1) is 12.6. The van der Waals surface area contributed by atoms with Crippen LogP contribution in [0.15, 0.2) is 0 Å². The van der Waals surface area contributed by atoms with E-state index in [0.717, 1.165) is 37.4 Å². The fourth-order valence-corrected chi connectivity index (χ4v) is 4.27. The van der Waals surface area contributed by atoms with Crippen LogP contribution in [0.1, 0.15) is 39.0 Å². The van der Waals surface area contributed by atoms with Gasteiger partial charge in [0.15, 0.2) is 0 Å². The summed E-state index contributed by atoms with van der Waals surface area (Å²) in [4.78, 5) is 26.3. The van der Waals surface area contributed by atoms with Gasteiger partial charge in [0.2, 0.25) is 11.8 Å². The Balaban J connectivity index is 1.72. The number of carbonyl (C=O) groups excluding carboxylic acids is 2. The molecule has 0 radical (unpaired) electrons. The summed E-state index contributed by atoms with van der Waals surface area (Å²) in [6, 6.07) is 0. The number of hydrogen-bond donors (Lipinski definition) is 0. The molecule has 0 aromatic heterocycles. The summed E-state index contributed by atoms with van der Waals surface area (Å²) in [7, 11) is 0. The van der Waals surface area contributed by atoms with Crippen molar-refractivity contribution in [1.82, 2.24) is 4.90 Å². The molecule has 3 aliphatic rings. The van der Waals surface area contributed by atoms with Gasteiger partial charge in [-0.05, 0) is 37.0 Å². The molecule has 3 fully saturated rings. The van der Waals surface area contributed by atoms with Gasteiger partial charge in [-0.2, -0.15) is 0 Å². The molecule has 1 heterocycles. The number of rotatable bonds is 4. The molecule has 3 rings (SSSR count). The third kappa shape index (κ3) is 1.84. The minimum atomic E-state index is 0.00794. The van der Waals surface area contributed by atoms with Crippen LogP contribution in [0, 0.1) is 23.2 Å². The van der Waals surface area contributed by atoms with Gasteiger partial charge in [0.05, 0.1) is 11.8 Å². The van der Waals surface area contributed by atoms with Crippen molar-refractivity contribution in [1.29, 1.82) is 0 Å². The second-order valence-corrected chi connectivity index (χ2v) is 6.92. The Labute approximate surface area is 116 Å². The maximum absolute atomic E-state index is 12.4. The lowest BCUT2D eigenvalue weighted by molar-refractivity contribution is -0.141. The monoisotopic (exact) mass is 313 g/mol. The van der Waals surface area contributed by atoms with E-state index in [0.29, 0.717) is 12.5 Å². The van der Waals surface area contributed by atoms with Gasteiger partial charge in [-0.1, -0.05) is 29.3 Å². The van der Waals surface area contributed by atoms with Crippen LogP contribution in [0.25, 0.3) is 0 Å². The lowest BCUT2D eigenvalue weighted by Crippen LogP contribution is -2.37. The molecule has 0 aromatic carbocycles. The van der Waals surface area contributed by atoms with Crippen molar-refractivity contribution in [2.24, 2.45) is 23.2 Å². The molecule has 2 unspecified atom stereocenters. The Hall–Kier alpha value is -0.380. The molecule has 2 atom stereocenters. The lowest BCUT2D eigenvalue weighted by atomic mass is 10.00. The van der Waals surface area contributed by atoms with Crippen LogP contribution in [0.2, 0.25) is 0 Å². The molecule has 4 heteroatoms. The molecule has 2 amide bonds. The predicted molar refractivity (Wildman–Crippen MR) is 72.2 cm³/mol. The molecule has 100 valence electrons. The van der Waals surface area contributed by atoms with Gasteiger partial charge in [-0.3, -0.25) is 14.5 Å². The molecular formula is C14H20BrNO2. The molecule has 1 saturated heterocycles. The van der Waals surface area contributed by atoms with E-state index in [1.165, 1.54) is 0 Å². The SMILES string of the molecule is CCC1CC2C(=O)N(CC3(CBr)CC3)C(=O)C2C1. The van der Waals surface area contributed by atoms with Crippen molar-refractivity contribution in [3.8, 4) is 0 Å². The number of hydrogen-bond acceptors (Lipinski definition) is 2. The number of amides is 2. The Morgan fingerprint density at radius 2 is 1.78 bits per heavy atom. The van der Waals surface area contributed by atoms with Crippen molar-refractivity contribution >= 4 is 27.7 Å². The first-order chi connectivity index (χ1) is 8.60. The Morgan fingerprint density at radius 1 is 1.22 bits per heavy atom. The zero-order valence-electron chi connectivity index (χ0n) is 10.8. The normalized spacial score (nSPS) is 37.2. The highest BCUT2D eigenvalue weighted by Gasteiger charge is 2.55. The average molecular weight is 314 g/mol. The zero-order valence-corrected chi connectivity index (χ0v) is 12.4. The molecule has 0 aromatic rings. The van der Waals surface area contributed by atoms with Crippen LogP contribution in [0.4, 0.5) is 0 Å². The minimum absolute atomic E-state index is 0.00794. The molecule has 0 bridgehead atoms. The largest absolute Gasteiger partial charge is 0.282 e. The average Bonchev–Trinajstić information content (AvgIpc) is 2.97. The molecule has 2 saturated carbocycles. The summed E-state index contributed by atoms with van der Waals surface area (Å²) in [5.41, 5.74) is 0.202. The second kappa shape index (κ2) is 4.32. The second-order valence-electron chi connectivity index (χ2n) is 6.35. The first-order valence-electron chi connectivity index (χ1n) is 7.01. The molecule has 18 heavy (non-hydrogen) atoms. The van der Waals surface area contributed by atoms with Crippen LogP contribution >= 0.6 is 15.9 Å². The maximum Gasteiger partial charge on any atom is 0.233 e. The minimum Gasteiger partial charge on any atom is -0.282 e. The number of carbonyl (C=O) groups is 2. The van der Waals surface area contributed by atoms with E-state index in [1.54, 1.807) is 4.90 Å². The molecular weight excluding hydrogens is 294 g/mol. The van der Waals surface area contributed by atoms with Crippen LogP contribution < -0.4 is 0 Å². The molecule has 3 nitrogen and oxygen atoms in total. The van der Waals surface area contributed by atoms with E-state index >= 15 is 0 Å². The van der Waals surface area contributed by atoms with E-state index in [4.69, 9.17) is 0 Å². The van der Waals surface area contributed by atoms with Crippen LogP contribution in [-0.4, -0.2) is 28.6 Å². The quantitative estimate of drug-likeness (QED) is 0.591. The van der Waals surface area contributed by atoms with E-state index < -0.39 is 0 Å². The molecule has 2 aliphatic carbocycles. The predicted octanol–water partition coefficient (Wildman–Crippen LogP) is 2.58. The summed E-state index contributed by atoms with van der Waals surface area (Å²) in [5, 5.41) is 0.907. The number of halogens is 1. The van der Waals surface area contributed by atoms with Crippen LogP contribution in [0.3, 0.4) is 0 Å². The van der Waals surface area contributed by atoms with Gasteiger partial charge in [0.1, 0.15) is 0 Å². The van der Waals surface area contributed by atoms with E-state index in [-0.39, 0.29) is 29.1 Å². The van der Waals surface area contributed by atoms with Gasteiger partial charge in [0, 0.05) is 11.9 Å². The number of alkyl halides is 1. The van der Waals surface area contributed by atoms with Crippen LogP contribution in [-0.2, 0) is 9.59 Å². The molecule has 1 aliphatic heterocycles. The van der Waals surface area contributed by atoms with E-state index in [2.05, 4.69) is 22.9 Å². The van der Waals surface area contributed by atoms with E-state index in [9.17, 15) is 9.59 Å². The van der Waals surface area contributed by atoms with Gasteiger partial charge in [-0.15, -0.1) is 0 Å². The third-order valence-corrected chi connectivity index (χ3v) is 6.33. The van der Waals surface area contributed by atoms with Crippen molar-refractivity contribution in [3.05, 3.63) is 0 Å². The first-order valence-corrected chi connectivity index (χ1v) is 8.13. The molecule has 0 N–H and O–H groups in total. The van der Waals surface area contributed by atoms with Crippen molar-refractivity contribution in [3.63, 3.8) is 0 Å². The summed E-state index contributed by atoms with van der Waals surface area (Å²) in [6.07, 6.45) is 5.25. The fraction of sp³-hybridized carbons (Fsp3) is 0.857. The van der Waals surface area contributed by atoms with Crippen molar-refractivity contribution < 1.29 is 9.59 Å². The highest BCUT2D eigenvalue weighted by molar-refractivity contribution is 9.09. The summed E-state index contributed by atoms with van der Waals surface area (Å²) in [5.74, 6) is 0.838. The maximum atomic E-state index is 12.4. The number of nitrogens with zero attached hydrogens (tertiary/aromatic N) is 1. The topological polar surface area (TPSA) is 37.4 Å². The van der Waals surface area contributed by atoms with Gasteiger partial charge < -0.3 is 0 Å². The van der Waals surface area contributed by atoms with Gasteiger partial charge >= 0.3 is 0 Å². The Morgan fingerprint density at radius 3 is 2.17 bits per heavy atom. The summed E-state index contributed by atoms with van der Waals surface area (Å²) < 4.78 is 0. The summed E-state index contributed by atoms with van der Waals surface area (Å²) in [6.45, 7) is 2.81. The van der Waals surface area contributed by atoms with Crippen molar-refractivity contribution in [2.45, 2.75) is 39.0 Å². The Kier molecular flexibility index (Phi) is 3.04. The fourth-order valence-electron chi connectivity index (χ4n) is 3.53. The Bertz CT molecular complexity index is 367. The van der Waals surface area contributed by atoms with E-state index in [1.807, 2.05) is 0 Å². The third-order valence-electron chi connectivity index (χ3n) is 5.14. The van der Waals surface area contributed by atoms with Crippen LogP contribution in [0.5, 0.6) is 0 Å². The number of fused-ring (bicyclic) bond motifs is 1. The van der Waals surface area contributed by atoms with Crippen molar-refractivity contribution in [2.75, 3.05) is 11.9 Å². The number of imide groups is 1. The zero-order chi connectivity index (χ0) is 12.9. The standard InChI is InChI=1S/C14H20BrNO2/c1-2-9-5-10-11(6-9)13(18)16(12(10)17)8-14(7-15)3-4-14/h9-11H,2-8H2,1H3. The highest BCUT2D eigenvalue weighted by atomic mass is 79.9. The van der Waals surface area contributed by atoms with Gasteiger partial charge in [-0.25, -0.2) is 0 Å². The smallest absolute Gasteiger partial charge is 0.233 e. The highest BCUT2D eigenvalue weighted by Crippen LogP contribution is 2.50. The number of likely N-dealkylation sites (tertiary alicyclic amines) is 1.